The lowest BCUT2D eigenvalue weighted by Crippen LogP contribution is -2.30. The zero-order valence-corrected chi connectivity index (χ0v) is 9.79. The number of thioether (sulfide) groups is 1. The molecule has 14 heavy (non-hydrogen) atoms. The van der Waals surface area contributed by atoms with E-state index >= 15 is 0 Å². The molecule has 1 aromatic rings. The molecule has 0 radical (unpaired) electrons. The molecule has 2 atom stereocenters. The molecule has 0 bridgehead atoms. The molecule has 0 fully saturated rings. The number of hydrogen-bond acceptors (Lipinski definition) is 4. The van der Waals surface area contributed by atoms with Crippen molar-refractivity contribution in [1.29, 1.82) is 0 Å². The van der Waals surface area contributed by atoms with Gasteiger partial charge in [0.25, 0.3) is 0 Å². The Bertz CT molecular complexity index is 274. The third-order valence-electron chi connectivity index (χ3n) is 2.45. The first-order valence-corrected chi connectivity index (χ1v) is 5.86. The van der Waals surface area contributed by atoms with Crippen molar-refractivity contribution >= 4 is 11.8 Å². The smallest absolute Gasteiger partial charge is 0.185 e. The monoisotopic (exact) mass is 214 g/mol. The lowest BCUT2D eigenvalue weighted by atomic mass is 10.0. The molecule has 0 aliphatic carbocycles. The van der Waals surface area contributed by atoms with Crippen molar-refractivity contribution < 1.29 is 0 Å². The van der Waals surface area contributed by atoms with E-state index < -0.39 is 0 Å². The first-order chi connectivity index (χ1) is 6.65. The Kier molecular flexibility index (Phi) is 4.41. The minimum atomic E-state index is 0.238. The molecule has 5 heteroatoms. The van der Waals surface area contributed by atoms with Crippen LogP contribution in [-0.2, 0) is 7.05 Å². The summed E-state index contributed by atoms with van der Waals surface area (Å²) in [4.78, 5) is 4.13. The highest BCUT2D eigenvalue weighted by molar-refractivity contribution is 7.99. The molecule has 2 unspecified atom stereocenters. The van der Waals surface area contributed by atoms with Crippen LogP contribution in [-0.4, -0.2) is 26.6 Å². The van der Waals surface area contributed by atoms with Gasteiger partial charge in [0.05, 0.1) is 0 Å². The zero-order chi connectivity index (χ0) is 10.6. The minimum absolute atomic E-state index is 0.238. The summed E-state index contributed by atoms with van der Waals surface area (Å²) >= 11 is 1.67. The van der Waals surface area contributed by atoms with Gasteiger partial charge >= 0.3 is 0 Å². The van der Waals surface area contributed by atoms with Crippen molar-refractivity contribution in [2.45, 2.75) is 31.5 Å². The van der Waals surface area contributed by atoms with E-state index in [2.05, 4.69) is 23.9 Å². The molecule has 0 saturated heterocycles. The van der Waals surface area contributed by atoms with Gasteiger partial charge in [-0.1, -0.05) is 32.0 Å². The predicted molar refractivity (Wildman–Crippen MR) is 59.2 cm³/mol. The van der Waals surface area contributed by atoms with Crippen LogP contribution in [0, 0.1) is 5.92 Å². The molecule has 2 N–H and O–H groups in total. The van der Waals surface area contributed by atoms with Gasteiger partial charge < -0.3 is 5.73 Å². The normalized spacial score (nSPS) is 15.4. The largest absolute Gasteiger partial charge is 0.327 e. The summed E-state index contributed by atoms with van der Waals surface area (Å²) in [5.74, 6) is 1.47. The third-order valence-corrected chi connectivity index (χ3v) is 3.63. The van der Waals surface area contributed by atoms with Crippen LogP contribution in [0.4, 0.5) is 0 Å². The predicted octanol–water partition coefficient (Wildman–Crippen LogP) is 1.28. The SMILES string of the molecule is CCC(C)C(N)CSc1ncnn1C. The van der Waals surface area contributed by atoms with Crippen LogP contribution in [0.15, 0.2) is 11.5 Å². The van der Waals surface area contributed by atoms with E-state index in [4.69, 9.17) is 5.73 Å². The quantitative estimate of drug-likeness (QED) is 0.750. The molecule has 0 saturated carbocycles. The van der Waals surface area contributed by atoms with Crippen molar-refractivity contribution in [3.05, 3.63) is 6.33 Å². The summed E-state index contributed by atoms with van der Waals surface area (Å²) in [6, 6.07) is 0.238. The van der Waals surface area contributed by atoms with Gasteiger partial charge in [-0.2, -0.15) is 5.10 Å². The summed E-state index contributed by atoms with van der Waals surface area (Å²) in [7, 11) is 1.89. The van der Waals surface area contributed by atoms with Gasteiger partial charge in [0.2, 0.25) is 0 Å². The van der Waals surface area contributed by atoms with Gasteiger partial charge in [-0.3, -0.25) is 0 Å². The number of aryl methyl sites for hydroxylation is 1. The van der Waals surface area contributed by atoms with Crippen LogP contribution in [0.25, 0.3) is 0 Å². The second-order valence-electron chi connectivity index (χ2n) is 3.53. The Morgan fingerprint density at radius 1 is 1.64 bits per heavy atom. The van der Waals surface area contributed by atoms with Crippen LogP contribution in [0.3, 0.4) is 0 Å². The van der Waals surface area contributed by atoms with Gasteiger partial charge in [0, 0.05) is 18.8 Å². The Morgan fingerprint density at radius 2 is 2.36 bits per heavy atom. The van der Waals surface area contributed by atoms with Crippen molar-refractivity contribution in [3.8, 4) is 0 Å². The molecule has 1 rings (SSSR count). The van der Waals surface area contributed by atoms with Gasteiger partial charge in [0.1, 0.15) is 6.33 Å². The van der Waals surface area contributed by atoms with Crippen LogP contribution >= 0.6 is 11.8 Å². The highest BCUT2D eigenvalue weighted by Crippen LogP contribution is 2.17. The molecule has 0 aliphatic heterocycles. The van der Waals surface area contributed by atoms with E-state index in [-0.39, 0.29) is 6.04 Å². The zero-order valence-electron chi connectivity index (χ0n) is 8.97. The maximum Gasteiger partial charge on any atom is 0.185 e. The van der Waals surface area contributed by atoms with Crippen molar-refractivity contribution in [3.63, 3.8) is 0 Å². The van der Waals surface area contributed by atoms with Crippen molar-refractivity contribution in [2.75, 3.05) is 5.75 Å². The molecule has 1 heterocycles. The van der Waals surface area contributed by atoms with Gasteiger partial charge in [-0.25, -0.2) is 9.67 Å². The second kappa shape index (κ2) is 5.36. The fourth-order valence-corrected chi connectivity index (χ4v) is 2.08. The van der Waals surface area contributed by atoms with Crippen LogP contribution < -0.4 is 5.73 Å². The highest BCUT2D eigenvalue weighted by Gasteiger charge is 2.12. The maximum atomic E-state index is 6.02. The van der Waals surface area contributed by atoms with Gasteiger partial charge in [-0.15, -0.1) is 0 Å². The van der Waals surface area contributed by atoms with E-state index in [1.807, 2.05) is 7.05 Å². The molecule has 4 nitrogen and oxygen atoms in total. The number of hydrogen-bond donors (Lipinski definition) is 1. The summed E-state index contributed by atoms with van der Waals surface area (Å²) in [5.41, 5.74) is 6.02. The number of rotatable bonds is 5. The standard InChI is InChI=1S/C9H18N4S/c1-4-7(2)8(10)5-14-9-11-6-12-13(9)3/h6-8H,4-5,10H2,1-3H3. The summed E-state index contributed by atoms with van der Waals surface area (Å²) in [5, 5.41) is 4.94. The lowest BCUT2D eigenvalue weighted by molar-refractivity contribution is 0.475. The Hall–Kier alpha value is -0.550. The summed E-state index contributed by atoms with van der Waals surface area (Å²) < 4.78 is 1.77. The second-order valence-corrected chi connectivity index (χ2v) is 4.51. The fourth-order valence-electron chi connectivity index (χ4n) is 1.05. The average molecular weight is 214 g/mol. The third kappa shape index (κ3) is 2.99. The van der Waals surface area contributed by atoms with E-state index in [0.717, 1.165) is 17.3 Å². The molecule has 0 aliphatic rings. The average Bonchev–Trinajstić information content (AvgIpc) is 2.59. The Balaban J connectivity index is 2.37. The topological polar surface area (TPSA) is 56.7 Å². The van der Waals surface area contributed by atoms with E-state index in [1.54, 1.807) is 22.8 Å². The molecule has 80 valence electrons. The number of nitrogens with two attached hydrogens (primary N) is 1. The molecule has 1 aromatic heterocycles. The molecule has 0 spiro atoms. The first-order valence-electron chi connectivity index (χ1n) is 4.87. The Morgan fingerprint density at radius 3 is 2.86 bits per heavy atom. The summed E-state index contributed by atoms with van der Waals surface area (Å²) in [6.45, 7) is 4.35. The first kappa shape index (κ1) is 11.5. The lowest BCUT2D eigenvalue weighted by Gasteiger charge is -2.16. The molecule has 0 aromatic carbocycles. The van der Waals surface area contributed by atoms with Gasteiger partial charge in [0.15, 0.2) is 5.16 Å². The summed E-state index contributed by atoms with van der Waals surface area (Å²) in [6.07, 6.45) is 2.69. The molecule has 0 amide bonds. The van der Waals surface area contributed by atoms with E-state index in [9.17, 15) is 0 Å². The van der Waals surface area contributed by atoms with Crippen LogP contribution in [0.5, 0.6) is 0 Å². The van der Waals surface area contributed by atoms with Crippen LogP contribution in [0.2, 0.25) is 0 Å². The van der Waals surface area contributed by atoms with E-state index in [1.165, 1.54) is 0 Å². The number of aromatic nitrogens is 3. The Labute approximate surface area is 89.3 Å². The molecular weight excluding hydrogens is 196 g/mol. The van der Waals surface area contributed by atoms with Gasteiger partial charge in [-0.05, 0) is 5.92 Å². The van der Waals surface area contributed by atoms with E-state index in [0.29, 0.717) is 5.92 Å². The highest BCUT2D eigenvalue weighted by atomic mass is 32.2. The van der Waals surface area contributed by atoms with Crippen molar-refractivity contribution in [1.82, 2.24) is 14.8 Å². The number of nitrogens with zero attached hydrogens (tertiary/aromatic N) is 3. The maximum absolute atomic E-state index is 6.02. The molecular formula is C9H18N4S. The van der Waals surface area contributed by atoms with Crippen LogP contribution in [0.1, 0.15) is 20.3 Å². The fraction of sp³-hybridized carbons (Fsp3) is 0.778. The minimum Gasteiger partial charge on any atom is -0.327 e. The van der Waals surface area contributed by atoms with Crippen molar-refractivity contribution in [2.24, 2.45) is 18.7 Å².